The number of hydrogen-bond donors (Lipinski definition) is 1. The van der Waals surface area contributed by atoms with Crippen molar-refractivity contribution in [2.45, 2.75) is 57.2 Å². The second-order valence-corrected chi connectivity index (χ2v) is 9.67. The number of halogens is 4. The molecule has 3 rings (SSSR count). The molecule has 1 aliphatic rings. The molecule has 1 fully saturated rings. The first-order valence-corrected chi connectivity index (χ1v) is 12.2. The summed E-state index contributed by atoms with van der Waals surface area (Å²) >= 11 is 1.13. The highest BCUT2D eigenvalue weighted by atomic mass is 32.2. The number of carbonyl (C=O) groups excluding carboxylic acids is 1. The van der Waals surface area contributed by atoms with Crippen molar-refractivity contribution in [1.29, 1.82) is 0 Å². The lowest BCUT2D eigenvalue weighted by Gasteiger charge is -2.35. The highest BCUT2D eigenvalue weighted by Crippen LogP contribution is 2.38. The van der Waals surface area contributed by atoms with Gasteiger partial charge in [0.05, 0.1) is 12.6 Å². The average Bonchev–Trinajstić information content (AvgIpc) is 3.07. The van der Waals surface area contributed by atoms with Gasteiger partial charge in [-0.15, -0.1) is 0 Å². The van der Waals surface area contributed by atoms with E-state index in [0.717, 1.165) is 16.8 Å². The third-order valence-corrected chi connectivity index (χ3v) is 7.17. The standard InChI is InChI=1S/C25H30F4N2O2S/c1-5-24(3,33-4)23(32)31-15-25(28,29)22(30-34-6-2)20(31)14-17-10-8-12-19(21(17)27)16-9-7-11-18(26)13-16/h7-13,20,22,30H,5-6,14-15H2,1-4H3/t20-,22+,24?/m0/s1. The van der Waals surface area contributed by atoms with Crippen LogP contribution < -0.4 is 4.72 Å². The van der Waals surface area contributed by atoms with Crippen molar-refractivity contribution in [3.05, 3.63) is 59.7 Å². The Morgan fingerprint density at radius 3 is 2.56 bits per heavy atom. The van der Waals surface area contributed by atoms with E-state index < -0.39 is 47.7 Å². The molecule has 0 aromatic heterocycles. The van der Waals surface area contributed by atoms with Crippen molar-refractivity contribution in [3.8, 4) is 11.1 Å². The molecule has 34 heavy (non-hydrogen) atoms. The van der Waals surface area contributed by atoms with Gasteiger partial charge in [0.1, 0.15) is 23.3 Å². The Labute approximate surface area is 202 Å². The fourth-order valence-corrected chi connectivity index (χ4v) is 4.90. The molecular weight excluding hydrogens is 468 g/mol. The first-order chi connectivity index (χ1) is 16.1. The van der Waals surface area contributed by atoms with E-state index in [1.165, 1.54) is 37.4 Å². The van der Waals surface area contributed by atoms with Crippen LogP contribution in [0, 0.1) is 11.6 Å². The number of nitrogens with one attached hydrogen (secondary N) is 1. The molecule has 9 heteroatoms. The Bertz CT molecular complexity index is 1020. The minimum Gasteiger partial charge on any atom is -0.369 e. The van der Waals surface area contributed by atoms with E-state index in [1.54, 1.807) is 26.0 Å². The minimum absolute atomic E-state index is 0.137. The molecule has 0 saturated carbocycles. The largest absolute Gasteiger partial charge is 0.369 e. The average molecular weight is 499 g/mol. The van der Waals surface area contributed by atoms with Gasteiger partial charge in [0.25, 0.3) is 11.8 Å². The number of nitrogens with zero attached hydrogens (tertiary/aromatic N) is 1. The second-order valence-electron chi connectivity index (χ2n) is 8.57. The third kappa shape index (κ3) is 5.26. The Morgan fingerprint density at radius 1 is 1.24 bits per heavy atom. The van der Waals surface area contributed by atoms with Crippen LogP contribution in [0.5, 0.6) is 0 Å². The number of benzene rings is 2. The lowest BCUT2D eigenvalue weighted by atomic mass is 9.94. The highest BCUT2D eigenvalue weighted by molar-refractivity contribution is 7.97. The molecule has 0 bridgehead atoms. The van der Waals surface area contributed by atoms with E-state index in [1.807, 2.05) is 6.92 Å². The van der Waals surface area contributed by atoms with E-state index in [-0.39, 0.29) is 17.5 Å². The molecule has 1 heterocycles. The van der Waals surface area contributed by atoms with Crippen LogP contribution >= 0.6 is 11.9 Å². The van der Waals surface area contributed by atoms with Crippen molar-refractivity contribution >= 4 is 17.9 Å². The maximum absolute atomic E-state index is 15.5. The van der Waals surface area contributed by atoms with Crippen LogP contribution in [0.25, 0.3) is 11.1 Å². The van der Waals surface area contributed by atoms with Gasteiger partial charge in [0.2, 0.25) is 0 Å². The Hall–Kier alpha value is -2.10. The van der Waals surface area contributed by atoms with E-state index >= 15 is 13.2 Å². The van der Waals surface area contributed by atoms with Gasteiger partial charge in [-0.05, 0) is 43.0 Å². The summed E-state index contributed by atoms with van der Waals surface area (Å²) in [6, 6.07) is 7.78. The molecule has 1 amide bonds. The van der Waals surface area contributed by atoms with Gasteiger partial charge in [-0.3, -0.25) is 9.52 Å². The summed E-state index contributed by atoms with van der Waals surface area (Å²) < 4.78 is 67.7. The summed E-state index contributed by atoms with van der Waals surface area (Å²) in [6.07, 6.45) is 0.157. The maximum Gasteiger partial charge on any atom is 0.283 e. The molecule has 0 spiro atoms. The minimum atomic E-state index is -3.22. The van der Waals surface area contributed by atoms with E-state index in [4.69, 9.17) is 4.74 Å². The van der Waals surface area contributed by atoms with E-state index in [0.29, 0.717) is 17.7 Å². The predicted molar refractivity (Wildman–Crippen MR) is 127 cm³/mol. The zero-order valence-electron chi connectivity index (χ0n) is 19.7. The van der Waals surface area contributed by atoms with Crippen molar-refractivity contribution in [2.24, 2.45) is 0 Å². The Kier molecular flexibility index (Phi) is 8.31. The summed E-state index contributed by atoms with van der Waals surface area (Å²) in [5.41, 5.74) is -0.588. The second kappa shape index (κ2) is 10.7. The third-order valence-electron chi connectivity index (χ3n) is 6.46. The van der Waals surface area contributed by atoms with Gasteiger partial charge >= 0.3 is 0 Å². The molecule has 0 radical (unpaired) electrons. The number of amides is 1. The first kappa shape index (κ1) is 26.5. The summed E-state index contributed by atoms with van der Waals surface area (Å²) in [6.45, 7) is 4.35. The lowest BCUT2D eigenvalue weighted by Crippen LogP contribution is -2.53. The zero-order valence-corrected chi connectivity index (χ0v) is 20.5. The van der Waals surface area contributed by atoms with E-state index in [9.17, 15) is 9.18 Å². The smallest absolute Gasteiger partial charge is 0.283 e. The van der Waals surface area contributed by atoms with Crippen LogP contribution in [0.4, 0.5) is 17.6 Å². The fourth-order valence-electron chi connectivity index (χ4n) is 4.22. The SMILES string of the molecule is CCSN[C@@H]1[C@H](Cc2cccc(-c3cccc(F)c3)c2F)N(C(=O)C(C)(CC)OC)CC1(F)F. The van der Waals surface area contributed by atoms with Crippen LogP contribution in [-0.2, 0) is 16.0 Å². The first-order valence-electron chi connectivity index (χ1n) is 11.2. The number of alkyl halides is 2. The molecule has 2 aromatic carbocycles. The van der Waals surface area contributed by atoms with Gasteiger partial charge in [0, 0.05) is 18.4 Å². The van der Waals surface area contributed by atoms with Crippen molar-refractivity contribution in [2.75, 3.05) is 19.4 Å². The molecule has 1 saturated heterocycles. The summed E-state index contributed by atoms with van der Waals surface area (Å²) in [7, 11) is 1.37. The Balaban J connectivity index is 2.02. The van der Waals surface area contributed by atoms with Gasteiger partial charge in [-0.2, -0.15) is 0 Å². The molecule has 1 aliphatic heterocycles. The monoisotopic (exact) mass is 498 g/mol. The number of likely N-dealkylation sites (tertiary alicyclic amines) is 1. The lowest BCUT2D eigenvalue weighted by molar-refractivity contribution is -0.155. The van der Waals surface area contributed by atoms with Crippen LogP contribution in [0.1, 0.15) is 32.8 Å². The van der Waals surface area contributed by atoms with Crippen LogP contribution in [0.2, 0.25) is 0 Å². The van der Waals surface area contributed by atoms with Gasteiger partial charge in [0.15, 0.2) is 0 Å². The summed E-state index contributed by atoms with van der Waals surface area (Å²) in [5, 5.41) is 0. The molecule has 3 atom stereocenters. The molecule has 0 aliphatic carbocycles. The zero-order chi connectivity index (χ0) is 25.1. The molecule has 4 nitrogen and oxygen atoms in total. The topological polar surface area (TPSA) is 41.6 Å². The van der Waals surface area contributed by atoms with Crippen LogP contribution in [-0.4, -0.2) is 53.8 Å². The predicted octanol–water partition coefficient (Wildman–Crippen LogP) is 5.46. The number of hydrogen-bond acceptors (Lipinski definition) is 4. The van der Waals surface area contributed by atoms with Crippen LogP contribution in [0.15, 0.2) is 42.5 Å². The van der Waals surface area contributed by atoms with Gasteiger partial charge in [-0.25, -0.2) is 17.6 Å². The van der Waals surface area contributed by atoms with Crippen LogP contribution in [0.3, 0.4) is 0 Å². The van der Waals surface area contributed by atoms with Gasteiger partial charge in [-0.1, -0.05) is 56.1 Å². The number of ether oxygens (including phenoxy) is 1. The number of carbonyl (C=O) groups is 1. The number of rotatable bonds is 9. The van der Waals surface area contributed by atoms with Crippen molar-refractivity contribution in [3.63, 3.8) is 0 Å². The molecule has 2 aromatic rings. The number of methoxy groups -OCH3 is 1. The van der Waals surface area contributed by atoms with Gasteiger partial charge < -0.3 is 9.64 Å². The van der Waals surface area contributed by atoms with E-state index in [2.05, 4.69) is 4.72 Å². The van der Waals surface area contributed by atoms with Crippen molar-refractivity contribution < 1.29 is 27.1 Å². The summed E-state index contributed by atoms with van der Waals surface area (Å²) in [5.74, 6) is -4.37. The Morgan fingerprint density at radius 2 is 1.94 bits per heavy atom. The molecule has 186 valence electrons. The highest BCUT2D eigenvalue weighted by Gasteiger charge is 2.57. The summed E-state index contributed by atoms with van der Waals surface area (Å²) in [4.78, 5) is 14.5. The normalized spacial score (nSPS) is 21.5. The molecule has 1 N–H and O–H groups in total. The molecule has 1 unspecified atom stereocenters. The molecular formula is C25H30F4N2O2S. The van der Waals surface area contributed by atoms with Crippen molar-refractivity contribution in [1.82, 2.24) is 9.62 Å². The quantitative estimate of drug-likeness (QED) is 0.368. The fraction of sp³-hybridized carbons (Fsp3) is 0.480. The maximum atomic E-state index is 15.5.